The minimum atomic E-state index is -0.161. The molecular formula is C15H22FN. The van der Waals surface area contributed by atoms with E-state index in [9.17, 15) is 4.39 Å². The van der Waals surface area contributed by atoms with E-state index in [-0.39, 0.29) is 11.4 Å². The highest BCUT2D eigenvalue weighted by molar-refractivity contribution is 5.54. The Bertz CT molecular complexity index is 413. The number of aryl methyl sites for hydroxylation is 1. The SMILES string of the molecule is C/C(=C/c1cc(C)ccc1F)CNC(C)(C)C. The summed E-state index contributed by atoms with van der Waals surface area (Å²) in [5, 5.41) is 3.39. The lowest BCUT2D eigenvalue weighted by molar-refractivity contribution is 0.445. The zero-order valence-corrected chi connectivity index (χ0v) is 11.4. The van der Waals surface area contributed by atoms with Gasteiger partial charge in [0, 0.05) is 17.6 Å². The van der Waals surface area contributed by atoms with Crippen molar-refractivity contribution < 1.29 is 4.39 Å². The maximum absolute atomic E-state index is 13.5. The molecule has 0 aliphatic rings. The van der Waals surface area contributed by atoms with E-state index in [4.69, 9.17) is 0 Å². The minimum absolute atomic E-state index is 0.0836. The summed E-state index contributed by atoms with van der Waals surface area (Å²) >= 11 is 0. The summed E-state index contributed by atoms with van der Waals surface area (Å²) in [6.07, 6.45) is 1.90. The number of hydrogen-bond acceptors (Lipinski definition) is 1. The molecule has 0 bridgehead atoms. The lowest BCUT2D eigenvalue weighted by Crippen LogP contribution is -2.36. The van der Waals surface area contributed by atoms with Crippen molar-refractivity contribution in [2.75, 3.05) is 6.54 Å². The van der Waals surface area contributed by atoms with Gasteiger partial charge in [-0.1, -0.05) is 23.3 Å². The number of benzene rings is 1. The van der Waals surface area contributed by atoms with Gasteiger partial charge in [-0.3, -0.25) is 0 Å². The molecule has 1 rings (SSSR count). The Morgan fingerprint density at radius 3 is 2.59 bits per heavy atom. The molecule has 0 amide bonds. The highest BCUT2D eigenvalue weighted by Gasteiger charge is 2.08. The van der Waals surface area contributed by atoms with Crippen molar-refractivity contribution in [1.29, 1.82) is 0 Å². The van der Waals surface area contributed by atoms with Gasteiger partial charge in [0.25, 0.3) is 0 Å². The zero-order chi connectivity index (χ0) is 13.1. The first kappa shape index (κ1) is 13.9. The number of hydrogen-bond donors (Lipinski definition) is 1. The molecule has 0 atom stereocenters. The fourth-order valence-corrected chi connectivity index (χ4v) is 1.49. The van der Waals surface area contributed by atoms with E-state index < -0.39 is 0 Å². The molecule has 0 aliphatic heterocycles. The third kappa shape index (κ3) is 5.14. The molecule has 1 aromatic rings. The second-order valence-corrected chi connectivity index (χ2v) is 5.62. The first-order chi connectivity index (χ1) is 7.78. The van der Waals surface area contributed by atoms with Crippen LogP contribution in [0, 0.1) is 12.7 Å². The Balaban J connectivity index is 2.77. The molecule has 0 saturated carbocycles. The normalized spacial score (nSPS) is 12.9. The van der Waals surface area contributed by atoms with E-state index in [1.54, 1.807) is 6.07 Å². The molecule has 0 radical (unpaired) electrons. The van der Waals surface area contributed by atoms with E-state index in [0.717, 1.165) is 17.7 Å². The van der Waals surface area contributed by atoms with Crippen molar-refractivity contribution in [3.05, 3.63) is 40.7 Å². The maximum Gasteiger partial charge on any atom is 0.130 e. The van der Waals surface area contributed by atoms with E-state index in [1.165, 1.54) is 6.07 Å². The predicted molar refractivity (Wildman–Crippen MR) is 72.5 cm³/mol. The standard InChI is InChI=1S/C15H22FN/c1-11-6-7-14(16)13(8-11)9-12(2)10-17-15(3,4)5/h6-9,17H,10H2,1-5H3/b12-9-. The summed E-state index contributed by atoms with van der Waals surface area (Å²) in [5.41, 5.74) is 2.96. The van der Waals surface area contributed by atoms with Crippen molar-refractivity contribution in [3.63, 3.8) is 0 Å². The van der Waals surface area contributed by atoms with Crippen LogP contribution in [0.2, 0.25) is 0 Å². The molecular weight excluding hydrogens is 213 g/mol. The fraction of sp³-hybridized carbons (Fsp3) is 0.467. The van der Waals surface area contributed by atoms with E-state index in [2.05, 4.69) is 26.1 Å². The second kappa shape index (κ2) is 5.46. The summed E-state index contributed by atoms with van der Waals surface area (Å²) in [6.45, 7) is 11.1. The molecule has 94 valence electrons. The Morgan fingerprint density at radius 1 is 1.35 bits per heavy atom. The summed E-state index contributed by atoms with van der Waals surface area (Å²) in [4.78, 5) is 0. The van der Waals surface area contributed by atoms with Crippen molar-refractivity contribution in [2.45, 2.75) is 40.2 Å². The highest BCUT2D eigenvalue weighted by Crippen LogP contribution is 2.14. The highest BCUT2D eigenvalue weighted by atomic mass is 19.1. The van der Waals surface area contributed by atoms with Crippen LogP contribution >= 0.6 is 0 Å². The van der Waals surface area contributed by atoms with Gasteiger partial charge in [0.1, 0.15) is 5.82 Å². The van der Waals surface area contributed by atoms with Gasteiger partial charge in [-0.15, -0.1) is 0 Å². The Kier molecular flexibility index (Phi) is 4.47. The van der Waals surface area contributed by atoms with Gasteiger partial charge in [0.2, 0.25) is 0 Å². The average molecular weight is 235 g/mol. The van der Waals surface area contributed by atoms with Gasteiger partial charge < -0.3 is 5.32 Å². The summed E-state index contributed by atoms with van der Waals surface area (Å²) in [7, 11) is 0. The van der Waals surface area contributed by atoms with Crippen LogP contribution in [-0.2, 0) is 0 Å². The average Bonchev–Trinajstić information content (AvgIpc) is 2.20. The Morgan fingerprint density at radius 2 is 2.00 bits per heavy atom. The summed E-state index contributed by atoms with van der Waals surface area (Å²) < 4.78 is 13.5. The molecule has 17 heavy (non-hydrogen) atoms. The van der Waals surface area contributed by atoms with Crippen LogP contribution in [0.15, 0.2) is 23.8 Å². The minimum Gasteiger partial charge on any atom is -0.308 e. The first-order valence-corrected chi connectivity index (χ1v) is 5.96. The van der Waals surface area contributed by atoms with E-state index in [1.807, 2.05) is 26.0 Å². The van der Waals surface area contributed by atoms with Gasteiger partial charge >= 0.3 is 0 Å². The largest absolute Gasteiger partial charge is 0.308 e. The van der Waals surface area contributed by atoms with Crippen molar-refractivity contribution in [3.8, 4) is 0 Å². The first-order valence-electron chi connectivity index (χ1n) is 5.96. The molecule has 2 heteroatoms. The van der Waals surface area contributed by atoms with Crippen LogP contribution in [0.4, 0.5) is 4.39 Å². The zero-order valence-electron chi connectivity index (χ0n) is 11.4. The molecule has 1 aromatic carbocycles. The molecule has 0 spiro atoms. The van der Waals surface area contributed by atoms with Crippen LogP contribution < -0.4 is 5.32 Å². The number of rotatable bonds is 3. The third-order valence-electron chi connectivity index (χ3n) is 2.45. The van der Waals surface area contributed by atoms with Gasteiger partial charge in [0.15, 0.2) is 0 Å². The second-order valence-electron chi connectivity index (χ2n) is 5.62. The lowest BCUT2D eigenvalue weighted by atomic mass is 10.1. The topological polar surface area (TPSA) is 12.0 Å². The van der Waals surface area contributed by atoms with Gasteiger partial charge in [-0.25, -0.2) is 4.39 Å². The van der Waals surface area contributed by atoms with Crippen molar-refractivity contribution >= 4 is 6.08 Å². The molecule has 0 fully saturated rings. The molecule has 0 aliphatic carbocycles. The Hall–Kier alpha value is -1.15. The molecule has 0 saturated heterocycles. The fourth-order valence-electron chi connectivity index (χ4n) is 1.49. The Labute approximate surface area is 104 Å². The molecule has 0 heterocycles. The third-order valence-corrected chi connectivity index (χ3v) is 2.45. The van der Waals surface area contributed by atoms with Crippen molar-refractivity contribution in [1.82, 2.24) is 5.32 Å². The maximum atomic E-state index is 13.5. The monoisotopic (exact) mass is 235 g/mol. The number of halogens is 1. The van der Waals surface area contributed by atoms with Crippen LogP contribution in [0.5, 0.6) is 0 Å². The van der Waals surface area contributed by atoms with Gasteiger partial charge in [0.05, 0.1) is 0 Å². The predicted octanol–water partition coefficient (Wildman–Crippen LogP) is 3.93. The van der Waals surface area contributed by atoms with Crippen molar-refractivity contribution in [2.24, 2.45) is 0 Å². The molecule has 0 unspecified atom stereocenters. The number of nitrogens with one attached hydrogen (secondary N) is 1. The van der Waals surface area contributed by atoms with Crippen LogP contribution in [0.1, 0.15) is 38.8 Å². The van der Waals surface area contributed by atoms with Gasteiger partial charge in [-0.2, -0.15) is 0 Å². The molecule has 1 N–H and O–H groups in total. The van der Waals surface area contributed by atoms with Crippen LogP contribution in [0.3, 0.4) is 0 Å². The van der Waals surface area contributed by atoms with Gasteiger partial charge in [-0.05, 0) is 46.8 Å². The van der Waals surface area contributed by atoms with Crippen LogP contribution in [-0.4, -0.2) is 12.1 Å². The molecule has 1 nitrogen and oxygen atoms in total. The molecule has 0 aromatic heterocycles. The summed E-state index contributed by atoms with van der Waals surface area (Å²) in [6, 6.07) is 5.18. The van der Waals surface area contributed by atoms with E-state index in [0.29, 0.717) is 5.56 Å². The van der Waals surface area contributed by atoms with Crippen LogP contribution in [0.25, 0.3) is 6.08 Å². The van der Waals surface area contributed by atoms with E-state index >= 15 is 0 Å². The smallest absolute Gasteiger partial charge is 0.130 e. The summed E-state index contributed by atoms with van der Waals surface area (Å²) in [5.74, 6) is -0.161. The lowest BCUT2D eigenvalue weighted by Gasteiger charge is -2.20. The quantitative estimate of drug-likeness (QED) is 0.837.